The zero-order valence-corrected chi connectivity index (χ0v) is 16.9. The second-order valence-electron chi connectivity index (χ2n) is 7.24. The lowest BCUT2D eigenvalue weighted by Gasteiger charge is -2.22. The molecule has 1 aliphatic rings. The first kappa shape index (κ1) is 20.6. The Kier molecular flexibility index (Phi) is 4.98. The van der Waals surface area contributed by atoms with Gasteiger partial charge in [-0.05, 0) is 80.8 Å². The minimum atomic E-state index is -4.47. The van der Waals surface area contributed by atoms with E-state index in [2.05, 4.69) is 4.72 Å². The molecule has 30 heavy (non-hydrogen) atoms. The number of benzene rings is 2. The fraction of sp³-hybridized carbons (Fsp3) is 0.286. The van der Waals surface area contributed by atoms with Crippen LogP contribution in [0.25, 0.3) is 16.6 Å². The summed E-state index contributed by atoms with van der Waals surface area (Å²) in [5.74, 6) is 0. The number of aryl methyl sites for hydroxylation is 1. The molecule has 3 aromatic rings. The van der Waals surface area contributed by atoms with Crippen LogP contribution >= 0.6 is 0 Å². The first-order valence-corrected chi connectivity index (χ1v) is 10.9. The van der Waals surface area contributed by atoms with E-state index >= 15 is 0 Å². The summed E-state index contributed by atoms with van der Waals surface area (Å²) in [4.78, 5) is 13.3. The van der Waals surface area contributed by atoms with Gasteiger partial charge in [-0.2, -0.15) is 13.2 Å². The highest BCUT2D eigenvalue weighted by molar-refractivity contribution is 7.89. The van der Waals surface area contributed by atoms with Crippen LogP contribution in [-0.2, 0) is 29.0 Å². The van der Waals surface area contributed by atoms with Crippen LogP contribution in [0.1, 0.15) is 29.5 Å². The Morgan fingerprint density at radius 1 is 0.967 bits per heavy atom. The molecular weight excluding hydrogens is 417 g/mol. The van der Waals surface area contributed by atoms with Crippen LogP contribution in [0.15, 0.2) is 52.2 Å². The molecule has 1 N–H and O–H groups in total. The van der Waals surface area contributed by atoms with Crippen LogP contribution in [0.5, 0.6) is 0 Å². The molecule has 0 spiro atoms. The summed E-state index contributed by atoms with van der Waals surface area (Å²) in [5, 5.41) is 0.625. The minimum Gasteiger partial charge on any atom is -0.277 e. The fourth-order valence-corrected chi connectivity index (χ4v) is 4.73. The van der Waals surface area contributed by atoms with E-state index in [1.807, 2.05) is 0 Å². The van der Waals surface area contributed by atoms with Crippen LogP contribution in [0.4, 0.5) is 13.2 Å². The van der Waals surface area contributed by atoms with Crippen molar-refractivity contribution in [2.24, 2.45) is 0 Å². The molecule has 5 nitrogen and oxygen atoms in total. The van der Waals surface area contributed by atoms with Gasteiger partial charge in [-0.1, -0.05) is 0 Å². The van der Waals surface area contributed by atoms with E-state index in [4.69, 9.17) is 0 Å². The van der Waals surface area contributed by atoms with Gasteiger partial charge < -0.3 is 0 Å². The molecule has 0 fully saturated rings. The first-order valence-electron chi connectivity index (χ1n) is 9.45. The summed E-state index contributed by atoms with van der Waals surface area (Å²) >= 11 is 0. The van der Waals surface area contributed by atoms with Crippen LogP contribution < -0.4 is 10.3 Å². The number of pyridine rings is 1. The number of fused-ring (bicyclic) bond motifs is 3. The third-order valence-electron chi connectivity index (χ3n) is 5.49. The molecule has 1 aromatic heterocycles. The molecule has 0 bridgehead atoms. The van der Waals surface area contributed by atoms with Gasteiger partial charge in [-0.3, -0.25) is 9.36 Å². The van der Waals surface area contributed by atoms with Gasteiger partial charge in [-0.15, -0.1) is 0 Å². The lowest BCUT2D eigenvalue weighted by atomic mass is 9.89. The zero-order chi connectivity index (χ0) is 21.7. The van der Waals surface area contributed by atoms with Gasteiger partial charge in [0.25, 0.3) is 5.56 Å². The van der Waals surface area contributed by atoms with Crippen LogP contribution in [0.3, 0.4) is 0 Å². The highest BCUT2D eigenvalue weighted by Crippen LogP contribution is 2.32. The Hall–Kier alpha value is -2.65. The summed E-state index contributed by atoms with van der Waals surface area (Å²) in [6.07, 6.45) is -1.56. The third-order valence-corrected chi connectivity index (χ3v) is 6.91. The van der Waals surface area contributed by atoms with E-state index in [0.717, 1.165) is 30.5 Å². The average Bonchev–Trinajstić information content (AvgIpc) is 2.73. The van der Waals surface area contributed by atoms with E-state index in [-0.39, 0.29) is 10.5 Å². The van der Waals surface area contributed by atoms with Crippen molar-refractivity contribution >= 4 is 20.9 Å². The van der Waals surface area contributed by atoms with E-state index in [1.54, 1.807) is 0 Å². The van der Waals surface area contributed by atoms with Crippen molar-refractivity contribution in [1.29, 1.82) is 0 Å². The highest BCUT2D eigenvalue weighted by Gasteiger charge is 2.30. The molecular formula is C21H19F3N2O3S. The number of hydrogen-bond donors (Lipinski definition) is 1. The first-order chi connectivity index (χ1) is 14.1. The fourth-order valence-electron chi connectivity index (χ4n) is 3.98. The van der Waals surface area contributed by atoms with Crippen LogP contribution in [-0.4, -0.2) is 20.0 Å². The Morgan fingerprint density at radius 2 is 1.60 bits per heavy atom. The van der Waals surface area contributed by atoms with Crippen LogP contribution in [0, 0.1) is 0 Å². The van der Waals surface area contributed by atoms with Gasteiger partial charge in [0.2, 0.25) is 10.0 Å². The third kappa shape index (κ3) is 3.41. The number of alkyl halides is 3. The standard InChI is InChI=1S/C21H19F3N2O3S/c1-25-30(28,29)15-10-11-19-18(12-15)16-4-2-3-5-17(16)20(27)26(19)14-8-6-13(7-9-14)21(22,23)24/h6-12,25H,2-5H2,1H3. The second-order valence-corrected chi connectivity index (χ2v) is 9.12. The molecule has 0 radical (unpaired) electrons. The molecule has 2 aromatic carbocycles. The second kappa shape index (κ2) is 7.24. The molecule has 0 amide bonds. The lowest BCUT2D eigenvalue weighted by Crippen LogP contribution is -2.27. The monoisotopic (exact) mass is 436 g/mol. The summed E-state index contributed by atoms with van der Waals surface area (Å²) in [6, 6.07) is 8.86. The summed E-state index contributed by atoms with van der Waals surface area (Å²) in [7, 11) is -2.37. The van der Waals surface area contributed by atoms with Gasteiger partial charge in [0.1, 0.15) is 0 Å². The molecule has 4 rings (SSSR count). The molecule has 0 aliphatic heterocycles. The zero-order valence-electron chi connectivity index (χ0n) is 16.1. The van der Waals surface area contributed by atoms with Gasteiger partial charge in [0, 0.05) is 16.6 Å². The topological polar surface area (TPSA) is 68.2 Å². The van der Waals surface area contributed by atoms with Crippen molar-refractivity contribution in [3.63, 3.8) is 0 Å². The van der Waals surface area contributed by atoms with Gasteiger partial charge in [0.05, 0.1) is 16.0 Å². The number of rotatable bonds is 3. The maximum atomic E-state index is 13.3. The Labute approximate surface area is 171 Å². The molecule has 0 atom stereocenters. The van der Waals surface area contributed by atoms with E-state index in [0.29, 0.717) is 35.0 Å². The van der Waals surface area contributed by atoms with Gasteiger partial charge >= 0.3 is 6.18 Å². The SMILES string of the molecule is CNS(=O)(=O)c1ccc2c(c1)c1c(c(=O)n2-c2ccc(C(F)(F)F)cc2)CCCC1. The summed E-state index contributed by atoms with van der Waals surface area (Å²) < 4.78 is 67.0. The Balaban J connectivity index is 2.03. The summed E-state index contributed by atoms with van der Waals surface area (Å²) in [6.45, 7) is 0. The van der Waals surface area contributed by atoms with Gasteiger partial charge in [0.15, 0.2) is 0 Å². The van der Waals surface area contributed by atoms with Crippen molar-refractivity contribution < 1.29 is 21.6 Å². The molecule has 9 heteroatoms. The molecule has 0 saturated carbocycles. The molecule has 1 heterocycles. The van der Waals surface area contributed by atoms with E-state index in [9.17, 15) is 26.4 Å². The molecule has 1 aliphatic carbocycles. The molecule has 158 valence electrons. The highest BCUT2D eigenvalue weighted by atomic mass is 32.2. The Morgan fingerprint density at radius 3 is 2.20 bits per heavy atom. The quantitative estimate of drug-likeness (QED) is 0.679. The van der Waals surface area contributed by atoms with Crippen molar-refractivity contribution in [3.05, 3.63) is 69.5 Å². The van der Waals surface area contributed by atoms with Crippen molar-refractivity contribution in [2.45, 2.75) is 36.8 Å². The maximum absolute atomic E-state index is 13.3. The maximum Gasteiger partial charge on any atom is 0.416 e. The average molecular weight is 436 g/mol. The minimum absolute atomic E-state index is 0.0721. The number of halogens is 3. The number of aromatic nitrogens is 1. The molecule has 0 unspecified atom stereocenters. The van der Waals surface area contributed by atoms with E-state index in [1.165, 1.54) is 41.9 Å². The predicted molar refractivity (Wildman–Crippen MR) is 107 cm³/mol. The normalized spacial score (nSPS) is 14.7. The van der Waals surface area contributed by atoms with Crippen LogP contribution in [0.2, 0.25) is 0 Å². The van der Waals surface area contributed by atoms with Crippen molar-refractivity contribution in [2.75, 3.05) is 7.05 Å². The largest absolute Gasteiger partial charge is 0.416 e. The van der Waals surface area contributed by atoms with Crippen molar-refractivity contribution in [1.82, 2.24) is 9.29 Å². The number of hydrogen-bond acceptors (Lipinski definition) is 3. The number of sulfonamides is 1. The number of nitrogens with one attached hydrogen (secondary N) is 1. The molecule has 0 saturated heterocycles. The lowest BCUT2D eigenvalue weighted by molar-refractivity contribution is -0.137. The van der Waals surface area contributed by atoms with Crippen molar-refractivity contribution in [3.8, 4) is 5.69 Å². The number of nitrogens with zero attached hydrogens (tertiary/aromatic N) is 1. The Bertz CT molecular complexity index is 1290. The smallest absolute Gasteiger partial charge is 0.277 e. The van der Waals surface area contributed by atoms with Gasteiger partial charge in [-0.25, -0.2) is 13.1 Å². The van der Waals surface area contributed by atoms with E-state index < -0.39 is 21.8 Å². The predicted octanol–water partition coefficient (Wildman–Crippen LogP) is 3.80. The summed E-state index contributed by atoms with van der Waals surface area (Å²) in [5.41, 5.74) is 1.10.